The first-order valence-corrected chi connectivity index (χ1v) is 8.04. The highest BCUT2D eigenvalue weighted by molar-refractivity contribution is 9.11. The van der Waals surface area contributed by atoms with Crippen LogP contribution in [-0.4, -0.2) is 7.05 Å². The quantitative estimate of drug-likeness (QED) is 0.687. The zero-order chi connectivity index (χ0) is 14.7. The summed E-state index contributed by atoms with van der Waals surface area (Å²) in [6.07, 6.45) is 0.550. The van der Waals surface area contributed by atoms with Crippen molar-refractivity contribution in [2.45, 2.75) is 12.5 Å². The van der Waals surface area contributed by atoms with Gasteiger partial charge in [0.05, 0.1) is 0 Å². The van der Waals surface area contributed by atoms with E-state index in [4.69, 9.17) is 11.6 Å². The molecule has 0 aliphatic carbocycles. The molecule has 0 saturated heterocycles. The molecule has 0 aliphatic heterocycles. The summed E-state index contributed by atoms with van der Waals surface area (Å²) in [5.41, 5.74) is 1.72. The average Bonchev–Trinajstić information content (AvgIpc) is 2.41. The second kappa shape index (κ2) is 7.03. The van der Waals surface area contributed by atoms with E-state index in [2.05, 4.69) is 37.2 Å². The smallest absolute Gasteiger partial charge is 0.127 e. The highest BCUT2D eigenvalue weighted by Gasteiger charge is 2.16. The van der Waals surface area contributed by atoms with Gasteiger partial charge in [-0.15, -0.1) is 0 Å². The van der Waals surface area contributed by atoms with E-state index < -0.39 is 0 Å². The Morgan fingerprint density at radius 1 is 1.20 bits per heavy atom. The van der Waals surface area contributed by atoms with Crippen molar-refractivity contribution in [1.82, 2.24) is 5.32 Å². The van der Waals surface area contributed by atoms with Crippen molar-refractivity contribution in [1.29, 1.82) is 0 Å². The molecule has 0 radical (unpaired) electrons. The molecular formula is C15H13Br2ClFN. The number of rotatable bonds is 4. The Bertz CT molecular complexity index is 619. The van der Waals surface area contributed by atoms with Crippen LogP contribution in [-0.2, 0) is 6.42 Å². The zero-order valence-electron chi connectivity index (χ0n) is 10.8. The van der Waals surface area contributed by atoms with Crippen molar-refractivity contribution in [2.24, 2.45) is 0 Å². The topological polar surface area (TPSA) is 12.0 Å². The maximum Gasteiger partial charge on any atom is 0.127 e. The summed E-state index contributed by atoms with van der Waals surface area (Å²) in [5, 5.41) is 3.64. The van der Waals surface area contributed by atoms with Gasteiger partial charge in [0, 0.05) is 20.0 Å². The van der Waals surface area contributed by atoms with E-state index in [0.717, 1.165) is 14.5 Å². The third kappa shape index (κ3) is 3.82. The standard InChI is InChI=1S/C15H13Br2ClFN/c1-20-15(12-7-10(16)3-5-13(12)17)6-9-2-4-11(18)8-14(9)19/h2-5,7-8,15,20H,6H2,1H3. The minimum atomic E-state index is -0.274. The average molecular weight is 422 g/mol. The van der Waals surface area contributed by atoms with Crippen LogP contribution in [0.4, 0.5) is 4.39 Å². The van der Waals surface area contributed by atoms with Gasteiger partial charge in [-0.2, -0.15) is 0 Å². The van der Waals surface area contributed by atoms with Crippen LogP contribution in [0, 0.1) is 5.82 Å². The number of hydrogen-bond donors (Lipinski definition) is 1. The third-order valence-electron chi connectivity index (χ3n) is 3.12. The van der Waals surface area contributed by atoms with Crippen LogP contribution in [0.25, 0.3) is 0 Å². The molecule has 1 unspecified atom stereocenters. The van der Waals surface area contributed by atoms with Crippen molar-refractivity contribution in [3.8, 4) is 0 Å². The Morgan fingerprint density at radius 3 is 2.60 bits per heavy atom. The maximum atomic E-state index is 13.9. The van der Waals surface area contributed by atoms with E-state index in [9.17, 15) is 4.39 Å². The lowest BCUT2D eigenvalue weighted by Crippen LogP contribution is -2.20. The summed E-state index contributed by atoms with van der Waals surface area (Å²) in [7, 11) is 1.87. The predicted molar refractivity (Wildman–Crippen MR) is 88.8 cm³/mol. The maximum absolute atomic E-state index is 13.9. The first-order valence-electron chi connectivity index (χ1n) is 6.07. The molecule has 0 spiro atoms. The van der Waals surface area contributed by atoms with Gasteiger partial charge < -0.3 is 5.32 Å². The van der Waals surface area contributed by atoms with Crippen molar-refractivity contribution >= 4 is 43.5 Å². The van der Waals surface area contributed by atoms with Gasteiger partial charge in [0.1, 0.15) is 5.82 Å². The van der Waals surface area contributed by atoms with Gasteiger partial charge in [-0.25, -0.2) is 4.39 Å². The Morgan fingerprint density at radius 2 is 1.95 bits per heavy atom. The summed E-state index contributed by atoms with van der Waals surface area (Å²) in [5.74, 6) is -0.274. The number of benzene rings is 2. The Hall–Kier alpha value is -0.420. The molecule has 5 heteroatoms. The number of likely N-dealkylation sites (N-methyl/N-ethyl adjacent to an activating group) is 1. The minimum Gasteiger partial charge on any atom is -0.313 e. The summed E-state index contributed by atoms with van der Waals surface area (Å²) in [6, 6.07) is 10.8. The first-order chi connectivity index (χ1) is 9.51. The second-order valence-corrected chi connectivity index (χ2v) is 6.65. The molecule has 106 valence electrons. The lowest BCUT2D eigenvalue weighted by atomic mass is 9.99. The molecule has 0 saturated carbocycles. The highest BCUT2D eigenvalue weighted by atomic mass is 79.9. The second-order valence-electron chi connectivity index (χ2n) is 4.45. The molecule has 0 heterocycles. The van der Waals surface area contributed by atoms with E-state index in [1.807, 2.05) is 25.2 Å². The lowest BCUT2D eigenvalue weighted by Gasteiger charge is -2.19. The molecular weight excluding hydrogens is 408 g/mol. The van der Waals surface area contributed by atoms with Gasteiger partial charge in [0.25, 0.3) is 0 Å². The molecule has 0 fully saturated rings. The fourth-order valence-electron chi connectivity index (χ4n) is 2.06. The van der Waals surface area contributed by atoms with Crippen molar-refractivity contribution in [3.05, 3.63) is 67.3 Å². The number of halogens is 4. The molecule has 0 aromatic heterocycles. The van der Waals surface area contributed by atoms with E-state index in [1.165, 1.54) is 6.07 Å². The van der Waals surface area contributed by atoms with E-state index in [-0.39, 0.29) is 11.9 Å². The van der Waals surface area contributed by atoms with Crippen molar-refractivity contribution in [2.75, 3.05) is 7.05 Å². The molecule has 0 amide bonds. The molecule has 0 bridgehead atoms. The van der Waals surface area contributed by atoms with Crippen LogP contribution in [0.3, 0.4) is 0 Å². The van der Waals surface area contributed by atoms with Gasteiger partial charge in [0.2, 0.25) is 0 Å². The summed E-state index contributed by atoms with van der Waals surface area (Å²) in [6.45, 7) is 0. The predicted octanol–water partition coefficient (Wildman–Crippen LogP) is 5.51. The molecule has 2 rings (SSSR count). The Kier molecular flexibility index (Phi) is 5.61. The van der Waals surface area contributed by atoms with Crippen LogP contribution in [0.1, 0.15) is 17.2 Å². The number of hydrogen-bond acceptors (Lipinski definition) is 1. The normalized spacial score (nSPS) is 12.4. The fraction of sp³-hybridized carbons (Fsp3) is 0.200. The molecule has 2 aromatic rings. The Balaban J connectivity index is 2.31. The molecule has 1 atom stereocenters. The third-order valence-corrected chi connectivity index (χ3v) is 4.57. The monoisotopic (exact) mass is 419 g/mol. The summed E-state index contributed by atoms with van der Waals surface area (Å²) in [4.78, 5) is 0. The molecule has 1 nitrogen and oxygen atoms in total. The SMILES string of the molecule is CNC(Cc1ccc(Cl)cc1F)c1cc(Br)ccc1Br. The molecule has 1 N–H and O–H groups in total. The van der Waals surface area contributed by atoms with Crippen LogP contribution >= 0.6 is 43.5 Å². The largest absolute Gasteiger partial charge is 0.313 e. The number of nitrogens with one attached hydrogen (secondary N) is 1. The first kappa shape index (κ1) is 16.0. The molecule has 20 heavy (non-hydrogen) atoms. The van der Waals surface area contributed by atoms with Crippen LogP contribution in [0.5, 0.6) is 0 Å². The summed E-state index contributed by atoms with van der Waals surface area (Å²) < 4.78 is 15.9. The Labute approximate surface area is 139 Å². The molecule has 2 aromatic carbocycles. The van der Waals surface area contributed by atoms with Gasteiger partial charge in [-0.3, -0.25) is 0 Å². The van der Waals surface area contributed by atoms with Gasteiger partial charge in [0.15, 0.2) is 0 Å². The van der Waals surface area contributed by atoms with Crippen LogP contribution < -0.4 is 5.32 Å². The van der Waals surface area contributed by atoms with Gasteiger partial charge in [-0.1, -0.05) is 49.5 Å². The van der Waals surface area contributed by atoms with Gasteiger partial charge in [-0.05, 0) is 54.9 Å². The lowest BCUT2D eigenvalue weighted by molar-refractivity contribution is 0.553. The van der Waals surface area contributed by atoms with Crippen LogP contribution in [0.2, 0.25) is 5.02 Å². The highest BCUT2D eigenvalue weighted by Crippen LogP contribution is 2.29. The van der Waals surface area contributed by atoms with E-state index in [0.29, 0.717) is 17.0 Å². The van der Waals surface area contributed by atoms with E-state index in [1.54, 1.807) is 12.1 Å². The van der Waals surface area contributed by atoms with Gasteiger partial charge >= 0.3 is 0 Å². The zero-order valence-corrected chi connectivity index (χ0v) is 14.7. The fourth-order valence-corrected chi connectivity index (χ4v) is 3.12. The van der Waals surface area contributed by atoms with E-state index >= 15 is 0 Å². The van der Waals surface area contributed by atoms with Crippen molar-refractivity contribution < 1.29 is 4.39 Å². The van der Waals surface area contributed by atoms with Crippen LogP contribution in [0.15, 0.2) is 45.3 Å². The summed E-state index contributed by atoms with van der Waals surface area (Å²) >= 11 is 12.8. The minimum absolute atomic E-state index is 0.0116. The molecule has 0 aliphatic rings. The van der Waals surface area contributed by atoms with Crippen molar-refractivity contribution in [3.63, 3.8) is 0 Å².